The van der Waals surface area contributed by atoms with Crippen LogP contribution in [-0.4, -0.2) is 76.5 Å². The Hall–Kier alpha value is -4.06. The molecule has 3 aromatic heterocycles. The van der Waals surface area contributed by atoms with E-state index in [1.165, 1.54) is 18.5 Å². The first kappa shape index (κ1) is 23.7. The normalized spacial score (nSPS) is 14.7. The smallest absolute Gasteiger partial charge is 0.272 e. The number of aromatic nitrogens is 5. The molecule has 5 rings (SSSR count). The lowest BCUT2D eigenvalue weighted by Crippen LogP contribution is -2.42. The van der Waals surface area contributed by atoms with Crippen molar-refractivity contribution in [1.29, 1.82) is 0 Å². The van der Waals surface area contributed by atoms with E-state index in [1.54, 1.807) is 53.4 Å². The van der Waals surface area contributed by atoms with Crippen molar-refractivity contribution in [2.24, 2.45) is 0 Å². The molecule has 4 heterocycles. The number of carbonyl (C=O) groups excluding carboxylic acids is 1. The van der Waals surface area contributed by atoms with Crippen LogP contribution in [0.5, 0.6) is 11.6 Å². The van der Waals surface area contributed by atoms with Crippen LogP contribution in [0, 0.1) is 0 Å². The van der Waals surface area contributed by atoms with Gasteiger partial charge in [0.05, 0.1) is 23.9 Å². The van der Waals surface area contributed by atoms with Gasteiger partial charge in [0, 0.05) is 44.5 Å². The summed E-state index contributed by atoms with van der Waals surface area (Å²) in [6.07, 6.45) is 6.92. The number of hydrogen-bond acceptors (Lipinski definition) is 9. The van der Waals surface area contributed by atoms with E-state index in [0.29, 0.717) is 60.0 Å². The highest BCUT2D eigenvalue weighted by Gasteiger charge is 2.27. The number of carbonyl (C=O) groups is 1. The average molecular weight is 509 g/mol. The number of piperidine rings is 1. The summed E-state index contributed by atoms with van der Waals surface area (Å²) in [6.45, 7) is 1.06. The van der Waals surface area contributed by atoms with E-state index in [-0.39, 0.29) is 16.9 Å². The van der Waals surface area contributed by atoms with Gasteiger partial charge in [0.15, 0.2) is 15.5 Å². The van der Waals surface area contributed by atoms with Crippen LogP contribution >= 0.6 is 0 Å². The highest BCUT2D eigenvalue weighted by molar-refractivity contribution is 7.90. The van der Waals surface area contributed by atoms with Crippen molar-refractivity contribution in [3.8, 4) is 17.3 Å². The Labute approximate surface area is 207 Å². The molecule has 0 atom stereocenters. The van der Waals surface area contributed by atoms with Gasteiger partial charge in [-0.25, -0.2) is 23.1 Å². The molecule has 1 aliphatic rings. The maximum Gasteiger partial charge on any atom is 0.272 e. The largest absolute Gasteiger partial charge is 0.497 e. The molecule has 0 N–H and O–H groups in total. The standard InChI is InChI=1S/C24H24N6O5S/c1-34-18-7-10-25-21(13-18)24(31)29-11-8-17(9-12-29)35-23-20-14-28-30(22(20)26-15-27-23)16-3-5-19(6-4-16)36(2,32)33/h3-7,10,13-15,17H,8-9,11-12H2,1-2H3. The Kier molecular flexibility index (Phi) is 6.27. The molecule has 1 amide bonds. The molecular formula is C24H24N6O5S. The number of rotatable bonds is 6. The molecule has 0 spiro atoms. The van der Waals surface area contributed by atoms with Gasteiger partial charge in [-0.3, -0.25) is 9.78 Å². The van der Waals surface area contributed by atoms with E-state index in [9.17, 15) is 13.2 Å². The maximum absolute atomic E-state index is 12.8. The van der Waals surface area contributed by atoms with E-state index in [4.69, 9.17) is 9.47 Å². The summed E-state index contributed by atoms with van der Waals surface area (Å²) in [5.74, 6) is 0.865. The van der Waals surface area contributed by atoms with Crippen molar-refractivity contribution in [3.63, 3.8) is 0 Å². The molecule has 12 heteroatoms. The Balaban J connectivity index is 1.28. The summed E-state index contributed by atoms with van der Waals surface area (Å²) in [5, 5.41) is 5.05. The molecular weight excluding hydrogens is 484 g/mol. The molecule has 11 nitrogen and oxygen atoms in total. The summed E-state index contributed by atoms with van der Waals surface area (Å²) < 4.78 is 36.5. The molecule has 0 unspecified atom stereocenters. The van der Waals surface area contributed by atoms with E-state index >= 15 is 0 Å². The summed E-state index contributed by atoms with van der Waals surface area (Å²) in [6, 6.07) is 9.76. The van der Waals surface area contributed by atoms with Gasteiger partial charge in [-0.1, -0.05) is 0 Å². The van der Waals surface area contributed by atoms with Gasteiger partial charge in [0.2, 0.25) is 5.88 Å². The number of fused-ring (bicyclic) bond motifs is 1. The Morgan fingerprint density at radius 2 is 1.81 bits per heavy atom. The average Bonchev–Trinajstić information content (AvgIpc) is 3.33. The minimum absolute atomic E-state index is 0.122. The molecule has 36 heavy (non-hydrogen) atoms. The first-order valence-corrected chi connectivity index (χ1v) is 13.2. The van der Waals surface area contributed by atoms with E-state index in [0.717, 1.165) is 6.26 Å². The number of nitrogens with zero attached hydrogens (tertiary/aromatic N) is 6. The van der Waals surface area contributed by atoms with Crippen molar-refractivity contribution < 1.29 is 22.7 Å². The van der Waals surface area contributed by atoms with Crippen LogP contribution in [0.3, 0.4) is 0 Å². The number of benzene rings is 1. The number of sulfone groups is 1. The first-order valence-electron chi connectivity index (χ1n) is 11.3. The van der Waals surface area contributed by atoms with E-state index in [2.05, 4.69) is 20.1 Å². The molecule has 0 aliphatic carbocycles. The minimum Gasteiger partial charge on any atom is -0.497 e. The fraction of sp³-hybridized carbons (Fsp3) is 0.292. The highest BCUT2D eigenvalue weighted by atomic mass is 32.2. The number of amides is 1. The van der Waals surface area contributed by atoms with Crippen LogP contribution in [0.4, 0.5) is 0 Å². The monoisotopic (exact) mass is 508 g/mol. The molecule has 1 fully saturated rings. The van der Waals surface area contributed by atoms with Gasteiger partial charge >= 0.3 is 0 Å². The van der Waals surface area contributed by atoms with Gasteiger partial charge < -0.3 is 14.4 Å². The molecule has 186 valence electrons. The fourth-order valence-corrected chi connectivity index (χ4v) is 4.72. The third kappa shape index (κ3) is 4.71. The second-order valence-corrected chi connectivity index (χ2v) is 10.4. The lowest BCUT2D eigenvalue weighted by Gasteiger charge is -2.31. The number of pyridine rings is 1. The number of ether oxygens (including phenoxy) is 2. The van der Waals surface area contributed by atoms with Crippen LogP contribution in [0.2, 0.25) is 0 Å². The zero-order valence-corrected chi connectivity index (χ0v) is 20.6. The molecule has 1 saturated heterocycles. The first-order chi connectivity index (χ1) is 17.3. The minimum atomic E-state index is -3.29. The quantitative estimate of drug-likeness (QED) is 0.385. The third-order valence-corrected chi connectivity index (χ3v) is 7.16. The number of methoxy groups -OCH3 is 1. The van der Waals surface area contributed by atoms with Crippen molar-refractivity contribution in [2.45, 2.75) is 23.8 Å². The van der Waals surface area contributed by atoms with Crippen molar-refractivity contribution in [1.82, 2.24) is 29.6 Å². The summed E-state index contributed by atoms with van der Waals surface area (Å²) >= 11 is 0. The van der Waals surface area contributed by atoms with Crippen LogP contribution in [0.1, 0.15) is 23.3 Å². The summed E-state index contributed by atoms with van der Waals surface area (Å²) in [7, 11) is -1.74. The van der Waals surface area contributed by atoms with Gasteiger partial charge in [-0.05, 0) is 30.3 Å². The summed E-state index contributed by atoms with van der Waals surface area (Å²) in [4.78, 5) is 27.6. The van der Waals surface area contributed by atoms with Crippen LogP contribution in [0.25, 0.3) is 16.7 Å². The lowest BCUT2D eigenvalue weighted by atomic mass is 10.1. The molecule has 0 radical (unpaired) electrons. The van der Waals surface area contributed by atoms with Crippen molar-refractivity contribution >= 4 is 26.8 Å². The van der Waals surface area contributed by atoms with Gasteiger partial charge in [0.25, 0.3) is 5.91 Å². The van der Waals surface area contributed by atoms with Crippen molar-refractivity contribution in [2.75, 3.05) is 26.5 Å². The molecule has 1 aromatic carbocycles. The second-order valence-electron chi connectivity index (χ2n) is 8.43. The van der Waals surface area contributed by atoms with E-state index < -0.39 is 9.84 Å². The molecule has 4 aromatic rings. The Bertz CT molecular complexity index is 1510. The van der Waals surface area contributed by atoms with Crippen LogP contribution < -0.4 is 9.47 Å². The van der Waals surface area contributed by atoms with Gasteiger partial charge in [0.1, 0.15) is 29.3 Å². The lowest BCUT2D eigenvalue weighted by molar-refractivity contribution is 0.0585. The summed E-state index contributed by atoms with van der Waals surface area (Å²) in [5.41, 5.74) is 1.56. The molecule has 1 aliphatic heterocycles. The van der Waals surface area contributed by atoms with E-state index in [1.807, 2.05) is 0 Å². The maximum atomic E-state index is 12.8. The zero-order valence-electron chi connectivity index (χ0n) is 19.7. The molecule has 0 bridgehead atoms. The third-order valence-electron chi connectivity index (χ3n) is 6.03. The predicted octanol–water partition coefficient (Wildman–Crippen LogP) is 2.31. The Morgan fingerprint density at radius 1 is 1.06 bits per heavy atom. The fourth-order valence-electron chi connectivity index (χ4n) is 4.09. The van der Waals surface area contributed by atoms with Crippen LogP contribution in [-0.2, 0) is 9.84 Å². The van der Waals surface area contributed by atoms with Crippen LogP contribution in [0.15, 0.2) is 60.0 Å². The van der Waals surface area contributed by atoms with Gasteiger partial charge in [-0.2, -0.15) is 5.10 Å². The Morgan fingerprint density at radius 3 is 2.50 bits per heavy atom. The predicted molar refractivity (Wildman–Crippen MR) is 130 cm³/mol. The number of hydrogen-bond donors (Lipinski definition) is 0. The number of likely N-dealkylation sites (tertiary alicyclic amines) is 1. The molecule has 0 saturated carbocycles. The highest BCUT2D eigenvalue weighted by Crippen LogP contribution is 2.27. The van der Waals surface area contributed by atoms with Crippen molar-refractivity contribution in [3.05, 3.63) is 60.8 Å². The second kappa shape index (κ2) is 9.53. The topological polar surface area (TPSA) is 129 Å². The van der Waals surface area contributed by atoms with Gasteiger partial charge in [-0.15, -0.1) is 0 Å². The zero-order chi connectivity index (χ0) is 25.3. The SMILES string of the molecule is COc1ccnc(C(=O)N2CCC(Oc3ncnc4c3cnn4-c3ccc(S(C)(=O)=O)cc3)CC2)c1.